The van der Waals surface area contributed by atoms with Crippen LogP contribution in [0.4, 0.5) is 8.78 Å². The minimum atomic E-state index is -0.807. The monoisotopic (exact) mass is 398 g/mol. The van der Waals surface area contributed by atoms with Gasteiger partial charge in [0.25, 0.3) is 5.91 Å². The summed E-state index contributed by atoms with van der Waals surface area (Å²) >= 11 is 0.982. The van der Waals surface area contributed by atoms with Crippen molar-refractivity contribution in [2.24, 2.45) is 10.9 Å². The summed E-state index contributed by atoms with van der Waals surface area (Å²) in [7, 11) is 0. The first kappa shape index (κ1) is 21.2. The van der Waals surface area contributed by atoms with Crippen molar-refractivity contribution >= 4 is 33.4 Å². The maximum atomic E-state index is 14.4. The zero-order valence-corrected chi connectivity index (χ0v) is 16.6. The predicted octanol–water partition coefficient (Wildman–Crippen LogP) is 4.19. The highest BCUT2D eigenvalue weighted by molar-refractivity contribution is 7.16. The Balaban J connectivity index is 2.58. The molecule has 0 unspecified atom stereocenters. The zero-order valence-electron chi connectivity index (χ0n) is 15.8. The highest BCUT2D eigenvalue weighted by Crippen LogP contribution is 2.23. The Morgan fingerprint density at radius 3 is 2.44 bits per heavy atom. The van der Waals surface area contributed by atoms with Gasteiger partial charge in [-0.15, -0.1) is 0 Å². The van der Waals surface area contributed by atoms with Gasteiger partial charge in [-0.2, -0.15) is 4.99 Å². The number of hydrogen-bond acceptors (Lipinski definition) is 4. The molecule has 1 aromatic carbocycles. The first-order valence-electron chi connectivity index (χ1n) is 9.13. The Labute approximate surface area is 160 Å². The number of nitrogens with zero attached hydrogens (tertiary/aromatic N) is 2. The molecule has 0 fully saturated rings. The van der Waals surface area contributed by atoms with Crippen molar-refractivity contribution in [3.05, 3.63) is 28.6 Å². The van der Waals surface area contributed by atoms with Crippen LogP contribution in [-0.4, -0.2) is 23.1 Å². The zero-order chi connectivity index (χ0) is 20.0. The number of ether oxygens (including phenoxy) is 1. The molecule has 1 heterocycles. The van der Waals surface area contributed by atoms with Crippen molar-refractivity contribution in [3.8, 4) is 0 Å². The second-order valence-corrected chi connectivity index (χ2v) is 7.24. The number of amides is 1. The topological polar surface area (TPSA) is 60.7 Å². The molecule has 1 aromatic heterocycles. The van der Waals surface area contributed by atoms with Gasteiger partial charge in [0.1, 0.15) is 12.4 Å². The lowest BCUT2D eigenvalue weighted by atomic mass is 9.98. The summed E-state index contributed by atoms with van der Waals surface area (Å²) in [6.07, 6.45) is 3.12. The van der Waals surface area contributed by atoms with Crippen LogP contribution in [-0.2, 0) is 20.9 Å². The average molecular weight is 398 g/mol. The fourth-order valence-corrected chi connectivity index (χ4v) is 4.04. The molecule has 2 rings (SSSR count). The molecule has 0 aliphatic rings. The van der Waals surface area contributed by atoms with E-state index in [1.54, 1.807) is 6.92 Å². The lowest BCUT2D eigenvalue weighted by Gasteiger charge is -2.10. The Kier molecular flexibility index (Phi) is 7.65. The molecular formula is C19H24F2N2O3S. The highest BCUT2D eigenvalue weighted by Gasteiger charge is 2.19. The van der Waals surface area contributed by atoms with E-state index in [1.807, 2.05) is 13.8 Å². The minimum Gasteiger partial charge on any atom is -0.465 e. The number of esters is 1. The van der Waals surface area contributed by atoms with Gasteiger partial charge in [0.2, 0.25) is 0 Å². The number of fused-ring (bicyclic) bond motifs is 1. The Morgan fingerprint density at radius 1 is 1.19 bits per heavy atom. The summed E-state index contributed by atoms with van der Waals surface area (Å²) in [4.78, 5) is 28.9. The standard InChI is InChI=1S/C19H24F2N2O3S/c1-4-7-12(8-5-2)18(25)22-19-23(11-16(24)26-6-3)17-14(21)9-13(20)10-15(17)27-19/h9-10,12H,4-8,11H2,1-3H3. The van der Waals surface area contributed by atoms with E-state index < -0.39 is 17.6 Å². The molecule has 27 heavy (non-hydrogen) atoms. The normalized spacial score (nSPS) is 12.1. The molecule has 0 saturated heterocycles. The van der Waals surface area contributed by atoms with Crippen LogP contribution in [0, 0.1) is 17.6 Å². The molecule has 0 aliphatic carbocycles. The Bertz CT molecular complexity index is 883. The predicted molar refractivity (Wildman–Crippen MR) is 100 cm³/mol. The van der Waals surface area contributed by atoms with Crippen LogP contribution in [0.5, 0.6) is 0 Å². The van der Waals surface area contributed by atoms with Crippen molar-refractivity contribution in [1.29, 1.82) is 0 Å². The number of halogens is 2. The van der Waals surface area contributed by atoms with Gasteiger partial charge >= 0.3 is 5.97 Å². The smallest absolute Gasteiger partial charge is 0.326 e. The van der Waals surface area contributed by atoms with E-state index >= 15 is 0 Å². The number of carbonyl (C=O) groups is 2. The second-order valence-electron chi connectivity index (χ2n) is 6.23. The summed E-state index contributed by atoms with van der Waals surface area (Å²) in [6.45, 7) is 5.54. The third kappa shape index (κ3) is 5.22. The van der Waals surface area contributed by atoms with Gasteiger partial charge in [-0.25, -0.2) is 8.78 Å². The molecule has 148 valence electrons. The lowest BCUT2D eigenvalue weighted by molar-refractivity contribution is -0.143. The number of rotatable bonds is 8. The molecule has 2 aromatic rings. The van der Waals surface area contributed by atoms with Crippen LogP contribution < -0.4 is 4.80 Å². The van der Waals surface area contributed by atoms with Crippen molar-refractivity contribution in [2.45, 2.75) is 53.0 Å². The molecule has 0 bridgehead atoms. The molecule has 0 N–H and O–H groups in total. The van der Waals surface area contributed by atoms with Crippen LogP contribution in [0.3, 0.4) is 0 Å². The van der Waals surface area contributed by atoms with Crippen molar-refractivity contribution < 1.29 is 23.1 Å². The maximum absolute atomic E-state index is 14.4. The maximum Gasteiger partial charge on any atom is 0.326 e. The molecule has 0 aliphatic heterocycles. The van der Waals surface area contributed by atoms with Crippen molar-refractivity contribution in [1.82, 2.24) is 4.57 Å². The lowest BCUT2D eigenvalue weighted by Crippen LogP contribution is -2.25. The number of hydrogen-bond donors (Lipinski definition) is 0. The van der Waals surface area contributed by atoms with Gasteiger partial charge < -0.3 is 9.30 Å². The van der Waals surface area contributed by atoms with E-state index in [-0.39, 0.29) is 40.0 Å². The van der Waals surface area contributed by atoms with E-state index in [0.29, 0.717) is 12.8 Å². The fourth-order valence-electron chi connectivity index (χ4n) is 2.97. The molecule has 0 atom stereocenters. The summed E-state index contributed by atoms with van der Waals surface area (Å²) in [6, 6.07) is 1.92. The summed E-state index contributed by atoms with van der Waals surface area (Å²) < 4.78 is 34.5. The number of aromatic nitrogens is 1. The average Bonchev–Trinajstić information content (AvgIpc) is 2.91. The van der Waals surface area contributed by atoms with E-state index in [0.717, 1.165) is 30.2 Å². The Morgan fingerprint density at radius 2 is 1.85 bits per heavy atom. The second kappa shape index (κ2) is 9.73. The highest BCUT2D eigenvalue weighted by atomic mass is 32.1. The molecule has 5 nitrogen and oxygen atoms in total. The van der Waals surface area contributed by atoms with E-state index in [1.165, 1.54) is 10.6 Å². The van der Waals surface area contributed by atoms with Crippen LogP contribution in [0.25, 0.3) is 10.2 Å². The molecule has 0 radical (unpaired) electrons. The van der Waals surface area contributed by atoms with Gasteiger partial charge in [-0.3, -0.25) is 9.59 Å². The third-order valence-corrected chi connectivity index (χ3v) is 5.14. The van der Waals surface area contributed by atoms with Crippen LogP contribution in [0.1, 0.15) is 46.5 Å². The SMILES string of the molecule is CCCC(CCC)C(=O)N=c1sc2cc(F)cc(F)c2n1CC(=O)OCC. The van der Waals surface area contributed by atoms with Gasteiger partial charge in [0, 0.05) is 12.0 Å². The van der Waals surface area contributed by atoms with Crippen molar-refractivity contribution in [3.63, 3.8) is 0 Å². The molecule has 1 amide bonds. The summed E-state index contributed by atoms with van der Waals surface area (Å²) in [5, 5.41) is 0. The van der Waals surface area contributed by atoms with E-state index in [4.69, 9.17) is 4.74 Å². The van der Waals surface area contributed by atoms with E-state index in [9.17, 15) is 18.4 Å². The first-order chi connectivity index (χ1) is 12.9. The van der Waals surface area contributed by atoms with Crippen LogP contribution in [0.2, 0.25) is 0 Å². The number of carbonyl (C=O) groups excluding carboxylic acids is 2. The van der Waals surface area contributed by atoms with Gasteiger partial charge in [-0.05, 0) is 25.8 Å². The fraction of sp³-hybridized carbons (Fsp3) is 0.526. The van der Waals surface area contributed by atoms with Crippen molar-refractivity contribution in [2.75, 3.05) is 6.61 Å². The number of thiazole rings is 1. The molecule has 8 heteroatoms. The minimum absolute atomic E-state index is 0.0449. The van der Waals surface area contributed by atoms with Crippen LogP contribution in [0.15, 0.2) is 17.1 Å². The molecule has 0 spiro atoms. The summed E-state index contributed by atoms with van der Waals surface area (Å²) in [5.74, 6) is -2.63. The van der Waals surface area contributed by atoms with Gasteiger partial charge in [-0.1, -0.05) is 38.0 Å². The van der Waals surface area contributed by atoms with Gasteiger partial charge in [0.15, 0.2) is 10.6 Å². The molecular weight excluding hydrogens is 374 g/mol. The van der Waals surface area contributed by atoms with Gasteiger partial charge in [0.05, 0.1) is 16.8 Å². The summed E-state index contributed by atoms with van der Waals surface area (Å²) in [5.41, 5.74) is 0.0449. The Hall–Kier alpha value is -2.09. The number of benzene rings is 1. The van der Waals surface area contributed by atoms with Crippen LogP contribution >= 0.6 is 11.3 Å². The first-order valence-corrected chi connectivity index (χ1v) is 9.95. The molecule has 0 saturated carbocycles. The largest absolute Gasteiger partial charge is 0.465 e. The van der Waals surface area contributed by atoms with E-state index in [2.05, 4.69) is 4.99 Å². The quantitative estimate of drug-likeness (QED) is 0.627. The third-order valence-electron chi connectivity index (χ3n) is 4.12.